The van der Waals surface area contributed by atoms with E-state index in [0.29, 0.717) is 41.4 Å². The molecule has 0 radical (unpaired) electrons. The van der Waals surface area contributed by atoms with Gasteiger partial charge in [-0.15, -0.1) is 0 Å². The van der Waals surface area contributed by atoms with Crippen LogP contribution in [0, 0.1) is 17.5 Å². The van der Waals surface area contributed by atoms with Crippen molar-refractivity contribution >= 4 is 39.3 Å². The van der Waals surface area contributed by atoms with Gasteiger partial charge >= 0.3 is 6.01 Å². The van der Waals surface area contributed by atoms with Gasteiger partial charge in [-0.25, -0.2) is 32.5 Å². The molecule has 0 unspecified atom stereocenters. The lowest BCUT2D eigenvalue weighted by molar-refractivity contribution is 0.107. The maximum absolute atomic E-state index is 17.3. The van der Waals surface area contributed by atoms with Crippen molar-refractivity contribution in [3.05, 3.63) is 59.0 Å². The summed E-state index contributed by atoms with van der Waals surface area (Å²) in [4.78, 5) is 26.4. The molecule has 7 heterocycles. The van der Waals surface area contributed by atoms with Crippen LogP contribution in [0.2, 0.25) is 0 Å². The fourth-order valence-corrected chi connectivity index (χ4v) is 8.22. The van der Waals surface area contributed by atoms with Crippen LogP contribution in [0.15, 0.2) is 30.5 Å². The van der Waals surface area contributed by atoms with E-state index in [0.717, 1.165) is 25.6 Å². The molecule has 4 aromatic heterocycles. The van der Waals surface area contributed by atoms with Gasteiger partial charge < -0.3 is 25.8 Å². The minimum atomic E-state index is -0.982. The third kappa shape index (κ3) is 5.40. The maximum Gasteiger partial charge on any atom is 0.319 e. The Labute approximate surface area is 291 Å². The van der Waals surface area contributed by atoms with Crippen LogP contribution >= 0.6 is 0 Å². The molecule has 11 nitrogen and oxygen atoms in total. The number of pyridine rings is 3. The average molecular weight is 704 g/mol. The van der Waals surface area contributed by atoms with Crippen molar-refractivity contribution in [2.45, 2.75) is 70.2 Å². The standard InChI is InChI=1S/C36H37F4N9O2/c1-4-21-24(39)6-7-25-27(21)23(11-26(41)44-25)30-29(40)31-28-33(47-35(46-31)51-16-36-8-5-9-48(36)14-20(38)12-36)49(17(2)15-50-34(28)45-30)18(3)22-10-19(37)13-43-32(22)42/h6-7,10-11,13,17-18,20H,4-5,8-9,12,14-16H2,1-3H3,(H2,41,44)(H2,42,43)/t17-,18+,20+,36-/m0/s1. The Hall–Kier alpha value is -5.05. The highest BCUT2D eigenvalue weighted by Crippen LogP contribution is 2.46. The van der Waals surface area contributed by atoms with Crippen LogP contribution in [-0.2, 0) is 6.42 Å². The molecule has 2 fully saturated rings. The van der Waals surface area contributed by atoms with Crippen molar-refractivity contribution in [2.75, 3.05) is 42.7 Å². The van der Waals surface area contributed by atoms with Gasteiger partial charge in [-0.2, -0.15) is 9.97 Å². The van der Waals surface area contributed by atoms with Crippen LogP contribution in [0.1, 0.15) is 57.2 Å². The quantitative estimate of drug-likeness (QED) is 0.191. The lowest BCUT2D eigenvalue weighted by atomic mass is 9.95. The first-order valence-electron chi connectivity index (χ1n) is 17.1. The summed E-state index contributed by atoms with van der Waals surface area (Å²) in [5, 5.41) is 0.519. The molecule has 1 aromatic carbocycles. The Kier molecular flexibility index (Phi) is 8.00. The molecule has 15 heteroatoms. The normalized spacial score (nSPS) is 22.3. The second-order valence-corrected chi connectivity index (χ2v) is 13.7. The molecule has 2 saturated heterocycles. The van der Waals surface area contributed by atoms with Gasteiger partial charge in [0.05, 0.1) is 29.3 Å². The molecule has 0 amide bonds. The second kappa shape index (κ2) is 12.3. The fourth-order valence-electron chi connectivity index (χ4n) is 8.22. The largest absolute Gasteiger partial charge is 0.475 e. The highest BCUT2D eigenvalue weighted by molar-refractivity contribution is 6.02. The number of ether oxygens (including phenoxy) is 2. The molecule has 5 aromatic rings. The van der Waals surface area contributed by atoms with Gasteiger partial charge in [-0.3, -0.25) is 4.90 Å². The van der Waals surface area contributed by atoms with E-state index in [1.54, 1.807) is 6.92 Å². The smallest absolute Gasteiger partial charge is 0.319 e. The number of nitrogens with two attached hydrogens (primary N) is 2. The van der Waals surface area contributed by atoms with E-state index in [2.05, 4.69) is 24.8 Å². The summed E-state index contributed by atoms with van der Waals surface area (Å²) in [5.74, 6) is -1.43. The fraction of sp³-hybridized carbons (Fsp3) is 0.417. The molecule has 0 aliphatic carbocycles. The topological polar surface area (TPSA) is 141 Å². The SMILES string of the molecule is CCc1c(F)ccc2nc(N)cc(-c3nc4c5c(nc(OC[C@@]67CCCN6C[C@H](F)C7)nc5c3F)N([C@H](C)c3cc(F)cnc3N)[C@@H](C)CO4)c12. The number of nitrogen functional groups attached to an aromatic ring is 2. The van der Waals surface area contributed by atoms with E-state index in [4.69, 9.17) is 25.9 Å². The number of fused-ring (bicyclic) bond motifs is 2. The van der Waals surface area contributed by atoms with Gasteiger partial charge in [0.1, 0.15) is 65.1 Å². The molecular weight excluding hydrogens is 666 g/mol. The third-order valence-electron chi connectivity index (χ3n) is 10.6. The molecular formula is C36H37F4N9O2. The van der Waals surface area contributed by atoms with E-state index in [-0.39, 0.29) is 64.7 Å². The van der Waals surface area contributed by atoms with E-state index in [1.807, 2.05) is 18.7 Å². The Balaban J connectivity index is 1.36. The minimum absolute atomic E-state index is 0.0319. The number of hydrogen-bond donors (Lipinski definition) is 2. The molecule has 266 valence electrons. The Morgan fingerprint density at radius 2 is 1.92 bits per heavy atom. The van der Waals surface area contributed by atoms with Crippen LogP contribution in [0.4, 0.5) is 35.0 Å². The van der Waals surface area contributed by atoms with Crippen molar-refractivity contribution in [1.82, 2.24) is 29.8 Å². The lowest BCUT2D eigenvalue weighted by Gasteiger charge is -2.35. The van der Waals surface area contributed by atoms with Gasteiger partial charge in [0, 0.05) is 29.5 Å². The number of hydrogen-bond acceptors (Lipinski definition) is 11. The number of halogens is 4. The Morgan fingerprint density at radius 3 is 2.73 bits per heavy atom. The summed E-state index contributed by atoms with van der Waals surface area (Å²) < 4.78 is 74.1. The summed E-state index contributed by atoms with van der Waals surface area (Å²) in [6, 6.07) is 4.35. The van der Waals surface area contributed by atoms with Crippen LogP contribution in [0.25, 0.3) is 33.1 Å². The average Bonchev–Trinajstić information content (AvgIpc) is 3.59. The molecule has 0 saturated carbocycles. The molecule has 51 heavy (non-hydrogen) atoms. The number of aromatic nitrogens is 5. The molecule has 0 bridgehead atoms. The van der Waals surface area contributed by atoms with Crippen molar-refractivity contribution in [1.29, 1.82) is 0 Å². The van der Waals surface area contributed by atoms with Gasteiger partial charge in [-0.05, 0) is 69.5 Å². The zero-order valence-electron chi connectivity index (χ0n) is 28.4. The van der Waals surface area contributed by atoms with Gasteiger partial charge in [0.25, 0.3) is 0 Å². The van der Waals surface area contributed by atoms with Crippen LogP contribution in [0.5, 0.6) is 11.9 Å². The van der Waals surface area contributed by atoms with E-state index in [1.165, 1.54) is 24.3 Å². The van der Waals surface area contributed by atoms with Gasteiger partial charge in [-0.1, -0.05) is 6.92 Å². The number of aryl methyl sites for hydroxylation is 1. The molecule has 4 N–H and O–H groups in total. The zero-order chi connectivity index (χ0) is 35.8. The second-order valence-electron chi connectivity index (χ2n) is 13.7. The van der Waals surface area contributed by atoms with Crippen LogP contribution in [0.3, 0.4) is 0 Å². The highest BCUT2D eigenvalue weighted by atomic mass is 19.1. The monoisotopic (exact) mass is 703 g/mol. The van der Waals surface area contributed by atoms with Crippen molar-refractivity contribution in [3.63, 3.8) is 0 Å². The summed E-state index contributed by atoms with van der Waals surface area (Å²) in [6.45, 7) is 6.72. The molecule has 4 atom stereocenters. The first-order chi connectivity index (χ1) is 24.5. The predicted octanol–water partition coefficient (Wildman–Crippen LogP) is 6.08. The van der Waals surface area contributed by atoms with Crippen molar-refractivity contribution < 1.29 is 27.0 Å². The van der Waals surface area contributed by atoms with Crippen LogP contribution < -0.4 is 25.8 Å². The predicted molar refractivity (Wildman–Crippen MR) is 185 cm³/mol. The van der Waals surface area contributed by atoms with E-state index >= 15 is 8.78 Å². The summed E-state index contributed by atoms with van der Waals surface area (Å²) in [5.41, 5.74) is 12.9. The molecule has 0 spiro atoms. The summed E-state index contributed by atoms with van der Waals surface area (Å²) >= 11 is 0. The Morgan fingerprint density at radius 1 is 1.10 bits per heavy atom. The van der Waals surface area contributed by atoms with Gasteiger partial charge in [0.2, 0.25) is 5.88 Å². The lowest BCUT2D eigenvalue weighted by Crippen LogP contribution is -2.43. The number of nitrogens with zero attached hydrogens (tertiary/aromatic N) is 7. The zero-order valence-corrected chi connectivity index (χ0v) is 28.4. The van der Waals surface area contributed by atoms with E-state index in [9.17, 15) is 8.78 Å². The maximum atomic E-state index is 17.3. The van der Waals surface area contributed by atoms with Crippen molar-refractivity contribution in [3.8, 4) is 23.1 Å². The minimum Gasteiger partial charge on any atom is -0.475 e. The molecule has 3 aliphatic rings. The summed E-state index contributed by atoms with van der Waals surface area (Å²) in [6.07, 6.45) is 2.31. The number of rotatable bonds is 7. The highest BCUT2D eigenvalue weighted by Gasteiger charge is 2.49. The third-order valence-corrected chi connectivity index (χ3v) is 10.6. The van der Waals surface area contributed by atoms with E-state index < -0.39 is 41.2 Å². The van der Waals surface area contributed by atoms with Gasteiger partial charge in [0.15, 0.2) is 5.82 Å². The molecule has 8 rings (SSSR count). The Bertz CT molecular complexity index is 2210. The van der Waals surface area contributed by atoms with Crippen molar-refractivity contribution in [2.24, 2.45) is 0 Å². The summed E-state index contributed by atoms with van der Waals surface area (Å²) in [7, 11) is 0. The molecule has 3 aliphatic heterocycles. The van der Waals surface area contributed by atoms with Crippen LogP contribution in [-0.4, -0.2) is 73.9 Å². The number of anilines is 3. The first-order valence-corrected chi connectivity index (χ1v) is 17.1. The number of alkyl halides is 1. The first kappa shape index (κ1) is 33.1. The number of benzene rings is 1.